The average Bonchev–Trinajstić information content (AvgIpc) is 2.49. The minimum atomic E-state index is -0.663. The molecule has 0 saturated carbocycles. The molecule has 0 saturated heterocycles. The fourth-order valence-electron chi connectivity index (χ4n) is 1.83. The smallest absolute Gasteiger partial charge is 0.102 e. The zero-order valence-electron chi connectivity index (χ0n) is 10.6. The van der Waals surface area contributed by atoms with E-state index in [-0.39, 0.29) is 13.2 Å². The molecule has 0 radical (unpaired) electrons. The SMILES string of the molecule is O[C@H](COC[C@@H](O)c1ccccc1)c1ccccc1. The average molecular weight is 258 g/mol. The van der Waals surface area contributed by atoms with Gasteiger partial charge in [0.2, 0.25) is 0 Å². The molecule has 0 unspecified atom stereocenters. The molecule has 0 bridgehead atoms. The molecule has 0 aliphatic carbocycles. The van der Waals surface area contributed by atoms with Crippen LogP contribution >= 0.6 is 0 Å². The van der Waals surface area contributed by atoms with Crippen molar-refractivity contribution in [2.24, 2.45) is 0 Å². The summed E-state index contributed by atoms with van der Waals surface area (Å²) in [5.41, 5.74) is 1.63. The van der Waals surface area contributed by atoms with Crippen LogP contribution in [0.2, 0.25) is 0 Å². The molecule has 0 spiro atoms. The molecule has 2 atom stereocenters. The highest BCUT2D eigenvalue weighted by atomic mass is 16.5. The summed E-state index contributed by atoms with van der Waals surface area (Å²) < 4.78 is 5.37. The zero-order valence-corrected chi connectivity index (χ0v) is 10.6. The highest BCUT2D eigenvalue weighted by Gasteiger charge is 2.10. The van der Waals surface area contributed by atoms with E-state index in [1.165, 1.54) is 0 Å². The van der Waals surface area contributed by atoms with E-state index in [2.05, 4.69) is 0 Å². The van der Waals surface area contributed by atoms with Crippen LogP contribution in [0.1, 0.15) is 23.3 Å². The lowest BCUT2D eigenvalue weighted by Crippen LogP contribution is -2.12. The van der Waals surface area contributed by atoms with Gasteiger partial charge in [-0.05, 0) is 11.1 Å². The third kappa shape index (κ3) is 4.17. The van der Waals surface area contributed by atoms with Crippen molar-refractivity contribution in [1.29, 1.82) is 0 Å². The van der Waals surface area contributed by atoms with E-state index in [0.717, 1.165) is 11.1 Å². The van der Waals surface area contributed by atoms with Gasteiger partial charge in [-0.3, -0.25) is 0 Å². The van der Waals surface area contributed by atoms with Crippen LogP contribution in [0.4, 0.5) is 0 Å². The van der Waals surface area contributed by atoms with E-state index in [9.17, 15) is 10.2 Å². The normalized spacial score (nSPS) is 14.0. The van der Waals surface area contributed by atoms with Gasteiger partial charge in [0.05, 0.1) is 13.2 Å². The fourth-order valence-corrected chi connectivity index (χ4v) is 1.83. The number of benzene rings is 2. The predicted octanol–water partition coefficient (Wildman–Crippen LogP) is 2.47. The number of hydrogen-bond donors (Lipinski definition) is 2. The number of aliphatic hydroxyl groups is 2. The first kappa shape index (κ1) is 13.7. The minimum absolute atomic E-state index is 0.175. The first-order valence-electron chi connectivity index (χ1n) is 6.31. The molecule has 2 aromatic rings. The summed E-state index contributed by atoms with van der Waals surface area (Å²) in [5, 5.41) is 19.8. The second kappa shape index (κ2) is 7.04. The van der Waals surface area contributed by atoms with Crippen molar-refractivity contribution >= 4 is 0 Å². The van der Waals surface area contributed by atoms with Crippen molar-refractivity contribution in [1.82, 2.24) is 0 Å². The van der Waals surface area contributed by atoms with E-state index in [0.29, 0.717) is 0 Å². The Kier molecular flexibility index (Phi) is 5.10. The standard InChI is InChI=1S/C16H18O3/c17-15(13-7-3-1-4-8-13)11-19-12-16(18)14-9-5-2-6-10-14/h1-10,15-18H,11-12H2/t15-,16-/m1/s1. The van der Waals surface area contributed by atoms with Crippen LogP contribution in [0, 0.1) is 0 Å². The molecule has 100 valence electrons. The number of rotatable bonds is 6. The molecule has 0 amide bonds. The van der Waals surface area contributed by atoms with Crippen LogP contribution in [0.3, 0.4) is 0 Å². The first-order chi connectivity index (χ1) is 9.27. The third-order valence-electron chi connectivity index (χ3n) is 2.92. The molecule has 0 aromatic heterocycles. The molecule has 2 rings (SSSR count). The quantitative estimate of drug-likeness (QED) is 0.837. The van der Waals surface area contributed by atoms with Crippen molar-refractivity contribution in [2.45, 2.75) is 12.2 Å². The van der Waals surface area contributed by atoms with Gasteiger partial charge in [0, 0.05) is 0 Å². The van der Waals surface area contributed by atoms with Crippen molar-refractivity contribution in [3.05, 3.63) is 71.8 Å². The molecule has 2 N–H and O–H groups in total. The summed E-state index contributed by atoms with van der Waals surface area (Å²) in [6.45, 7) is 0.349. The molecule has 0 heterocycles. The second-order valence-electron chi connectivity index (χ2n) is 4.39. The van der Waals surface area contributed by atoms with Gasteiger partial charge < -0.3 is 14.9 Å². The lowest BCUT2D eigenvalue weighted by molar-refractivity contribution is -0.00893. The van der Waals surface area contributed by atoms with Crippen molar-refractivity contribution < 1.29 is 14.9 Å². The van der Waals surface area contributed by atoms with Crippen molar-refractivity contribution in [3.63, 3.8) is 0 Å². The molecule has 3 nitrogen and oxygen atoms in total. The second-order valence-corrected chi connectivity index (χ2v) is 4.39. The monoisotopic (exact) mass is 258 g/mol. The Bertz CT molecular complexity index is 424. The molecule has 0 aliphatic heterocycles. The van der Waals surface area contributed by atoms with Crippen LogP contribution in [0.15, 0.2) is 60.7 Å². The Morgan fingerprint density at radius 3 is 1.42 bits per heavy atom. The number of hydrogen-bond acceptors (Lipinski definition) is 3. The largest absolute Gasteiger partial charge is 0.386 e. The maximum Gasteiger partial charge on any atom is 0.102 e. The lowest BCUT2D eigenvalue weighted by Gasteiger charge is -2.14. The topological polar surface area (TPSA) is 49.7 Å². The minimum Gasteiger partial charge on any atom is -0.386 e. The van der Waals surface area contributed by atoms with Gasteiger partial charge in [-0.15, -0.1) is 0 Å². The van der Waals surface area contributed by atoms with Gasteiger partial charge in [0.25, 0.3) is 0 Å². The lowest BCUT2D eigenvalue weighted by atomic mass is 10.1. The number of aliphatic hydroxyl groups excluding tert-OH is 2. The molecule has 19 heavy (non-hydrogen) atoms. The van der Waals surface area contributed by atoms with Gasteiger partial charge in [0.15, 0.2) is 0 Å². The van der Waals surface area contributed by atoms with E-state index >= 15 is 0 Å². The van der Waals surface area contributed by atoms with Gasteiger partial charge in [-0.1, -0.05) is 60.7 Å². The van der Waals surface area contributed by atoms with Gasteiger partial charge in [-0.2, -0.15) is 0 Å². The summed E-state index contributed by atoms with van der Waals surface area (Å²) in [7, 11) is 0. The van der Waals surface area contributed by atoms with E-state index in [1.807, 2.05) is 60.7 Å². The summed E-state index contributed by atoms with van der Waals surface area (Å²) in [5.74, 6) is 0. The predicted molar refractivity (Wildman–Crippen MR) is 73.6 cm³/mol. The summed E-state index contributed by atoms with van der Waals surface area (Å²) in [4.78, 5) is 0. The molecule has 0 aliphatic rings. The maximum absolute atomic E-state index is 9.90. The van der Waals surface area contributed by atoms with E-state index < -0.39 is 12.2 Å². The molecule has 3 heteroatoms. The molecule has 2 aromatic carbocycles. The first-order valence-corrected chi connectivity index (χ1v) is 6.31. The number of ether oxygens (including phenoxy) is 1. The molecule has 0 fully saturated rings. The summed E-state index contributed by atoms with van der Waals surface area (Å²) in [6, 6.07) is 18.7. The van der Waals surface area contributed by atoms with Crippen LogP contribution in [0.25, 0.3) is 0 Å². The van der Waals surface area contributed by atoms with E-state index in [4.69, 9.17) is 4.74 Å². The Balaban J connectivity index is 1.78. The van der Waals surface area contributed by atoms with Gasteiger partial charge in [-0.25, -0.2) is 0 Å². The van der Waals surface area contributed by atoms with Crippen LogP contribution in [-0.2, 0) is 4.74 Å². The summed E-state index contributed by atoms with van der Waals surface area (Å²) >= 11 is 0. The summed E-state index contributed by atoms with van der Waals surface area (Å²) in [6.07, 6.45) is -1.33. The Hall–Kier alpha value is -1.68. The van der Waals surface area contributed by atoms with Crippen LogP contribution in [0.5, 0.6) is 0 Å². The zero-order chi connectivity index (χ0) is 13.5. The Morgan fingerprint density at radius 1 is 0.684 bits per heavy atom. The highest BCUT2D eigenvalue weighted by Crippen LogP contribution is 2.15. The van der Waals surface area contributed by atoms with Crippen molar-refractivity contribution in [3.8, 4) is 0 Å². The van der Waals surface area contributed by atoms with Gasteiger partial charge in [0.1, 0.15) is 12.2 Å². The van der Waals surface area contributed by atoms with Crippen LogP contribution < -0.4 is 0 Å². The third-order valence-corrected chi connectivity index (χ3v) is 2.92. The highest BCUT2D eigenvalue weighted by molar-refractivity contribution is 5.18. The fraction of sp³-hybridized carbons (Fsp3) is 0.250. The molecular formula is C16H18O3. The van der Waals surface area contributed by atoms with Crippen molar-refractivity contribution in [2.75, 3.05) is 13.2 Å². The van der Waals surface area contributed by atoms with E-state index in [1.54, 1.807) is 0 Å². The molecular weight excluding hydrogens is 240 g/mol. The Morgan fingerprint density at radius 2 is 1.05 bits per heavy atom. The van der Waals surface area contributed by atoms with Gasteiger partial charge >= 0.3 is 0 Å². The maximum atomic E-state index is 9.90. The van der Waals surface area contributed by atoms with Crippen LogP contribution in [-0.4, -0.2) is 23.4 Å². The Labute approximate surface area is 113 Å².